The number of rotatable bonds is 4. The van der Waals surface area contributed by atoms with Gasteiger partial charge < -0.3 is 15.0 Å². The maximum absolute atomic E-state index is 5.06. The molecule has 0 unspecified atom stereocenters. The zero-order valence-electron chi connectivity index (χ0n) is 8.57. The van der Waals surface area contributed by atoms with Gasteiger partial charge in [0.15, 0.2) is 0 Å². The number of aromatic nitrogens is 4. The number of H-pyrrole nitrogens is 1. The summed E-state index contributed by atoms with van der Waals surface area (Å²) in [6.45, 7) is 0.539. The lowest BCUT2D eigenvalue weighted by atomic mass is 10.6. The highest BCUT2D eigenvalue weighted by Gasteiger charge is 2.04. The summed E-state index contributed by atoms with van der Waals surface area (Å²) >= 11 is 3.28. The molecular formula is C9H10BrN5O. The Morgan fingerprint density at radius 3 is 3.06 bits per heavy atom. The van der Waals surface area contributed by atoms with Crippen molar-refractivity contribution in [3.8, 4) is 5.88 Å². The average molecular weight is 284 g/mol. The monoisotopic (exact) mass is 283 g/mol. The lowest BCUT2D eigenvalue weighted by Gasteiger charge is -2.05. The lowest BCUT2D eigenvalue weighted by Crippen LogP contribution is -2.05. The number of halogens is 1. The number of methoxy groups -OCH3 is 1. The van der Waals surface area contributed by atoms with Gasteiger partial charge in [0, 0.05) is 12.4 Å². The molecule has 0 aliphatic carbocycles. The van der Waals surface area contributed by atoms with Gasteiger partial charge in [-0.3, -0.25) is 0 Å². The summed E-state index contributed by atoms with van der Waals surface area (Å²) in [5.41, 5.74) is 0. The Morgan fingerprint density at radius 2 is 2.38 bits per heavy atom. The van der Waals surface area contributed by atoms with Crippen LogP contribution in [0.1, 0.15) is 5.82 Å². The molecule has 7 heteroatoms. The van der Waals surface area contributed by atoms with Gasteiger partial charge in [-0.1, -0.05) is 0 Å². The Bertz CT molecular complexity index is 459. The van der Waals surface area contributed by atoms with Crippen LogP contribution < -0.4 is 10.1 Å². The Kier molecular flexibility index (Phi) is 3.35. The average Bonchev–Trinajstić information content (AvgIpc) is 2.81. The molecule has 0 bridgehead atoms. The molecular weight excluding hydrogens is 274 g/mol. The van der Waals surface area contributed by atoms with Crippen molar-refractivity contribution in [1.29, 1.82) is 0 Å². The number of anilines is 1. The Hall–Kier alpha value is -1.63. The quantitative estimate of drug-likeness (QED) is 0.891. The summed E-state index contributed by atoms with van der Waals surface area (Å²) in [5, 5.41) is 3.03. The standard InChI is InChI=1S/C9H10BrN5O/c1-16-8-6(10)4-13-9(15-8)14-5-7-11-2-3-12-7/h2-4H,5H2,1H3,(H,11,12)(H,13,14,15). The molecule has 84 valence electrons. The smallest absolute Gasteiger partial charge is 0.232 e. The van der Waals surface area contributed by atoms with Gasteiger partial charge in [-0.2, -0.15) is 4.98 Å². The molecule has 0 atom stereocenters. The first-order valence-electron chi connectivity index (χ1n) is 4.58. The van der Waals surface area contributed by atoms with Gasteiger partial charge in [-0.25, -0.2) is 9.97 Å². The van der Waals surface area contributed by atoms with Crippen molar-refractivity contribution >= 4 is 21.9 Å². The van der Waals surface area contributed by atoms with E-state index < -0.39 is 0 Å². The number of ether oxygens (including phenoxy) is 1. The highest BCUT2D eigenvalue weighted by atomic mass is 79.9. The van der Waals surface area contributed by atoms with Gasteiger partial charge in [0.25, 0.3) is 0 Å². The van der Waals surface area contributed by atoms with Crippen molar-refractivity contribution in [1.82, 2.24) is 19.9 Å². The lowest BCUT2D eigenvalue weighted by molar-refractivity contribution is 0.394. The number of hydrogen-bond acceptors (Lipinski definition) is 5. The summed E-state index contributed by atoms with van der Waals surface area (Å²) in [5.74, 6) is 1.82. The minimum Gasteiger partial charge on any atom is -0.480 e. The van der Waals surface area contributed by atoms with E-state index in [9.17, 15) is 0 Å². The normalized spacial score (nSPS) is 10.1. The van der Waals surface area contributed by atoms with E-state index in [-0.39, 0.29) is 0 Å². The van der Waals surface area contributed by atoms with Crippen molar-refractivity contribution in [2.75, 3.05) is 12.4 Å². The fraction of sp³-hybridized carbons (Fsp3) is 0.222. The highest BCUT2D eigenvalue weighted by molar-refractivity contribution is 9.10. The maximum Gasteiger partial charge on any atom is 0.232 e. The Balaban J connectivity index is 2.04. The number of aromatic amines is 1. The zero-order chi connectivity index (χ0) is 11.4. The predicted octanol–water partition coefficient (Wildman–Crippen LogP) is 1.58. The van der Waals surface area contributed by atoms with E-state index >= 15 is 0 Å². The summed E-state index contributed by atoms with van der Waals surface area (Å²) in [6.07, 6.45) is 5.09. The van der Waals surface area contributed by atoms with Gasteiger partial charge in [0.1, 0.15) is 5.82 Å². The van der Waals surface area contributed by atoms with E-state index in [1.807, 2.05) is 0 Å². The maximum atomic E-state index is 5.06. The van der Waals surface area contributed by atoms with Crippen LogP contribution in [0, 0.1) is 0 Å². The summed E-state index contributed by atoms with van der Waals surface area (Å²) in [6, 6.07) is 0. The molecule has 0 amide bonds. The van der Waals surface area contributed by atoms with Crippen molar-refractivity contribution in [3.63, 3.8) is 0 Å². The van der Waals surface area contributed by atoms with Crippen molar-refractivity contribution in [3.05, 3.63) is 28.9 Å². The number of nitrogens with one attached hydrogen (secondary N) is 2. The topological polar surface area (TPSA) is 75.7 Å². The molecule has 2 aromatic rings. The van der Waals surface area contributed by atoms with E-state index in [0.29, 0.717) is 18.4 Å². The van der Waals surface area contributed by atoms with E-state index in [1.165, 1.54) is 0 Å². The first-order valence-corrected chi connectivity index (χ1v) is 5.37. The Morgan fingerprint density at radius 1 is 1.50 bits per heavy atom. The van der Waals surface area contributed by atoms with Crippen LogP contribution in [0.2, 0.25) is 0 Å². The molecule has 2 heterocycles. The van der Waals surface area contributed by atoms with Crippen molar-refractivity contribution in [2.24, 2.45) is 0 Å². The van der Waals surface area contributed by atoms with Gasteiger partial charge >= 0.3 is 0 Å². The molecule has 0 saturated heterocycles. The predicted molar refractivity (Wildman–Crippen MR) is 62.2 cm³/mol. The van der Waals surface area contributed by atoms with Crippen LogP contribution in [-0.2, 0) is 6.54 Å². The van der Waals surface area contributed by atoms with E-state index in [0.717, 1.165) is 10.3 Å². The first kappa shape index (κ1) is 10.9. The zero-order valence-corrected chi connectivity index (χ0v) is 10.2. The third kappa shape index (κ3) is 2.48. The third-order valence-electron chi connectivity index (χ3n) is 1.87. The molecule has 0 aliphatic rings. The molecule has 2 rings (SSSR count). The van der Waals surface area contributed by atoms with E-state index in [2.05, 4.69) is 41.2 Å². The second-order valence-corrected chi connectivity index (χ2v) is 3.79. The van der Waals surface area contributed by atoms with Crippen LogP contribution in [0.25, 0.3) is 0 Å². The van der Waals surface area contributed by atoms with E-state index in [4.69, 9.17) is 4.74 Å². The molecule has 0 aromatic carbocycles. The van der Waals surface area contributed by atoms with Crippen LogP contribution in [0.4, 0.5) is 5.95 Å². The van der Waals surface area contributed by atoms with Gasteiger partial charge in [0.2, 0.25) is 11.8 Å². The molecule has 2 N–H and O–H groups in total. The number of nitrogens with zero attached hydrogens (tertiary/aromatic N) is 3. The second-order valence-electron chi connectivity index (χ2n) is 2.94. The molecule has 0 aliphatic heterocycles. The third-order valence-corrected chi connectivity index (χ3v) is 2.42. The minimum atomic E-state index is 0.497. The number of imidazole rings is 1. The van der Waals surface area contributed by atoms with Gasteiger partial charge in [0.05, 0.1) is 24.3 Å². The Labute approximate surface area is 101 Å². The first-order chi connectivity index (χ1) is 7.79. The molecule has 2 aromatic heterocycles. The molecule has 0 spiro atoms. The summed E-state index contributed by atoms with van der Waals surface area (Å²) < 4.78 is 5.78. The molecule has 16 heavy (non-hydrogen) atoms. The van der Waals surface area contributed by atoms with Crippen LogP contribution >= 0.6 is 15.9 Å². The fourth-order valence-electron chi connectivity index (χ4n) is 1.14. The molecule has 6 nitrogen and oxygen atoms in total. The van der Waals surface area contributed by atoms with Crippen LogP contribution in [0.3, 0.4) is 0 Å². The fourth-order valence-corrected chi connectivity index (χ4v) is 1.49. The summed E-state index contributed by atoms with van der Waals surface area (Å²) in [7, 11) is 1.56. The van der Waals surface area contributed by atoms with Crippen LogP contribution in [0.15, 0.2) is 23.1 Å². The molecule has 0 radical (unpaired) electrons. The van der Waals surface area contributed by atoms with Crippen molar-refractivity contribution in [2.45, 2.75) is 6.54 Å². The molecule has 0 fully saturated rings. The van der Waals surface area contributed by atoms with Crippen LogP contribution in [0.5, 0.6) is 5.88 Å². The van der Waals surface area contributed by atoms with Crippen LogP contribution in [-0.4, -0.2) is 27.0 Å². The van der Waals surface area contributed by atoms with Gasteiger partial charge in [-0.15, -0.1) is 0 Å². The SMILES string of the molecule is COc1nc(NCc2ncc[nH]2)ncc1Br. The molecule has 0 saturated carbocycles. The van der Waals surface area contributed by atoms with E-state index in [1.54, 1.807) is 25.7 Å². The largest absolute Gasteiger partial charge is 0.480 e. The number of hydrogen-bond donors (Lipinski definition) is 2. The summed E-state index contributed by atoms with van der Waals surface area (Å²) in [4.78, 5) is 15.3. The minimum absolute atomic E-state index is 0.497. The second kappa shape index (κ2) is 4.93. The van der Waals surface area contributed by atoms with Gasteiger partial charge in [-0.05, 0) is 15.9 Å². The van der Waals surface area contributed by atoms with Crippen molar-refractivity contribution < 1.29 is 4.74 Å². The highest BCUT2D eigenvalue weighted by Crippen LogP contribution is 2.21.